The molecule has 64 valence electrons. The second kappa shape index (κ2) is 3.63. The van der Waals surface area contributed by atoms with Crippen molar-refractivity contribution in [1.29, 1.82) is 0 Å². The first kappa shape index (κ1) is 9.13. The Morgan fingerprint density at radius 3 is 2.67 bits per heavy atom. The van der Waals surface area contributed by atoms with E-state index in [4.69, 9.17) is 5.73 Å². The summed E-state index contributed by atoms with van der Waals surface area (Å²) in [7, 11) is 0. The van der Waals surface area contributed by atoms with Crippen LogP contribution in [0.2, 0.25) is 0 Å². The van der Waals surface area contributed by atoms with Crippen molar-refractivity contribution < 1.29 is 0 Å². The van der Waals surface area contributed by atoms with Crippen LogP contribution in [0.15, 0.2) is 28.1 Å². The fourth-order valence-electron chi connectivity index (χ4n) is 0.918. The van der Waals surface area contributed by atoms with Crippen LogP contribution in [0.4, 0.5) is 5.69 Å². The van der Waals surface area contributed by atoms with Crippen LogP contribution in [0.3, 0.4) is 0 Å². The average Bonchev–Trinajstić information content (AvgIpc) is 1.94. The molecular formula is C9H12N2S. The monoisotopic (exact) mass is 180 g/mol. The Labute approximate surface area is 77.9 Å². The summed E-state index contributed by atoms with van der Waals surface area (Å²) in [5.74, 6) is 0.550. The van der Waals surface area contributed by atoms with Crippen LogP contribution < -0.4 is 5.73 Å². The van der Waals surface area contributed by atoms with E-state index in [9.17, 15) is 0 Å². The molecule has 0 unspecified atom stereocenters. The Morgan fingerprint density at radius 2 is 2.17 bits per heavy atom. The predicted molar refractivity (Wildman–Crippen MR) is 55.4 cm³/mol. The van der Waals surface area contributed by atoms with Gasteiger partial charge in [-0.05, 0) is 31.5 Å². The minimum Gasteiger partial charge on any atom is -0.387 e. The third-order valence-corrected chi connectivity index (χ3v) is 1.79. The van der Waals surface area contributed by atoms with Gasteiger partial charge < -0.3 is 5.73 Å². The zero-order valence-corrected chi connectivity index (χ0v) is 8.10. The summed E-state index contributed by atoms with van der Waals surface area (Å²) >= 11 is 4.28. The smallest absolute Gasteiger partial charge is 0.0965 e. The summed E-state index contributed by atoms with van der Waals surface area (Å²) in [6, 6.07) is 5.86. The zero-order chi connectivity index (χ0) is 9.14. The normalized spacial score (nSPS) is 11.8. The van der Waals surface area contributed by atoms with Crippen LogP contribution in [-0.4, -0.2) is 5.84 Å². The van der Waals surface area contributed by atoms with Crippen molar-refractivity contribution in [2.45, 2.75) is 18.7 Å². The van der Waals surface area contributed by atoms with Gasteiger partial charge in [-0.15, -0.1) is 12.6 Å². The fraction of sp³-hybridized carbons (Fsp3) is 0.222. The average molecular weight is 180 g/mol. The lowest BCUT2D eigenvalue weighted by molar-refractivity contribution is 1.31. The third-order valence-electron chi connectivity index (χ3n) is 1.43. The minimum atomic E-state index is 0.550. The van der Waals surface area contributed by atoms with Crippen molar-refractivity contribution >= 4 is 24.2 Å². The molecular weight excluding hydrogens is 168 g/mol. The van der Waals surface area contributed by atoms with Crippen molar-refractivity contribution in [3.8, 4) is 0 Å². The quantitative estimate of drug-likeness (QED) is 0.388. The number of aryl methyl sites for hydroxylation is 1. The van der Waals surface area contributed by atoms with Gasteiger partial charge in [-0.1, -0.05) is 6.07 Å². The Bertz CT molecular complexity index is 314. The van der Waals surface area contributed by atoms with E-state index in [1.807, 2.05) is 25.1 Å². The molecule has 0 spiro atoms. The molecule has 0 aromatic heterocycles. The van der Waals surface area contributed by atoms with E-state index in [0.717, 1.165) is 10.6 Å². The molecule has 1 rings (SSSR count). The highest BCUT2D eigenvalue weighted by Crippen LogP contribution is 2.23. The van der Waals surface area contributed by atoms with Gasteiger partial charge in [0.2, 0.25) is 0 Å². The van der Waals surface area contributed by atoms with E-state index in [1.165, 1.54) is 5.56 Å². The Kier molecular flexibility index (Phi) is 2.76. The number of thiol groups is 1. The summed E-state index contributed by atoms with van der Waals surface area (Å²) in [5.41, 5.74) is 7.45. The first-order valence-electron chi connectivity index (χ1n) is 3.70. The second-order valence-corrected chi connectivity index (χ2v) is 3.23. The van der Waals surface area contributed by atoms with Gasteiger partial charge in [-0.25, -0.2) is 4.99 Å². The Hall–Kier alpha value is -0.960. The van der Waals surface area contributed by atoms with Crippen molar-refractivity contribution in [3.05, 3.63) is 23.8 Å². The molecule has 0 fully saturated rings. The number of amidine groups is 1. The van der Waals surface area contributed by atoms with Crippen LogP contribution >= 0.6 is 12.6 Å². The van der Waals surface area contributed by atoms with E-state index in [0.29, 0.717) is 5.84 Å². The number of benzene rings is 1. The largest absolute Gasteiger partial charge is 0.387 e. The maximum Gasteiger partial charge on any atom is 0.0965 e. The van der Waals surface area contributed by atoms with Gasteiger partial charge in [0.25, 0.3) is 0 Å². The van der Waals surface area contributed by atoms with Gasteiger partial charge in [0.15, 0.2) is 0 Å². The highest BCUT2D eigenvalue weighted by molar-refractivity contribution is 7.80. The molecule has 0 aliphatic carbocycles. The molecule has 0 amide bonds. The van der Waals surface area contributed by atoms with E-state index >= 15 is 0 Å². The Balaban J connectivity index is 3.10. The molecule has 2 nitrogen and oxygen atoms in total. The van der Waals surface area contributed by atoms with Crippen molar-refractivity contribution in [1.82, 2.24) is 0 Å². The van der Waals surface area contributed by atoms with Crippen molar-refractivity contribution in [2.75, 3.05) is 0 Å². The molecule has 1 aromatic rings. The van der Waals surface area contributed by atoms with Gasteiger partial charge in [-0.3, -0.25) is 0 Å². The lowest BCUT2D eigenvalue weighted by Crippen LogP contribution is -2.03. The van der Waals surface area contributed by atoms with Gasteiger partial charge in [0.1, 0.15) is 0 Å². The van der Waals surface area contributed by atoms with Gasteiger partial charge in [-0.2, -0.15) is 0 Å². The van der Waals surface area contributed by atoms with Gasteiger partial charge in [0, 0.05) is 4.90 Å². The molecule has 2 N–H and O–H groups in total. The maximum atomic E-state index is 5.45. The molecule has 0 atom stereocenters. The number of nitrogens with two attached hydrogens (primary N) is 1. The molecule has 3 heteroatoms. The molecule has 0 saturated carbocycles. The second-order valence-electron chi connectivity index (χ2n) is 2.75. The minimum absolute atomic E-state index is 0.550. The van der Waals surface area contributed by atoms with E-state index in [1.54, 1.807) is 6.92 Å². The van der Waals surface area contributed by atoms with Crippen molar-refractivity contribution in [2.24, 2.45) is 10.7 Å². The summed E-state index contributed by atoms with van der Waals surface area (Å²) < 4.78 is 0. The number of aliphatic imine (C=N–C) groups is 1. The molecule has 0 aliphatic rings. The number of rotatable bonds is 1. The third kappa shape index (κ3) is 2.27. The molecule has 1 aromatic carbocycles. The first-order chi connectivity index (χ1) is 5.59. The highest BCUT2D eigenvalue weighted by atomic mass is 32.1. The van der Waals surface area contributed by atoms with Crippen LogP contribution in [-0.2, 0) is 0 Å². The van der Waals surface area contributed by atoms with Crippen molar-refractivity contribution in [3.63, 3.8) is 0 Å². The molecule has 12 heavy (non-hydrogen) atoms. The molecule has 0 saturated heterocycles. The van der Waals surface area contributed by atoms with E-state index in [2.05, 4.69) is 17.6 Å². The van der Waals surface area contributed by atoms with Crippen LogP contribution in [0.25, 0.3) is 0 Å². The molecule has 0 bridgehead atoms. The highest BCUT2D eigenvalue weighted by Gasteiger charge is 1.96. The summed E-state index contributed by atoms with van der Waals surface area (Å²) in [5, 5.41) is 0. The molecule has 0 aliphatic heterocycles. The summed E-state index contributed by atoms with van der Waals surface area (Å²) in [4.78, 5) is 4.98. The summed E-state index contributed by atoms with van der Waals surface area (Å²) in [6.45, 7) is 3.77. The van der Waals surface area contributed by atoms with Gasteiger partial charge >= 0.3 is 0 Å². The molecule has 0 radical (unpaired) electrons. The predicted octanol–water partition coefficient (Wildman–Crippen LogP) is 2.29. The number of hydrogen-bond donors (Lipinski definition) is 2. The van der Waals surface area contributed by atoms with E-state index < -0.39 is 0 Å². The van der Waals surface area contributed by atoms with Crippen LogP contribution in [0, 0.1) is 6.92 Å². The maximum absolute atomic E-state index is 5.45. The van der Waals surface area contributed by atoms with Crippen LogP contribution in [0.1, 0.15) is 12.5 Å². The Morgan fingerprint density at radius 1 is 1.50 bits per heavy atom. The van der Waals surface area contributed by atoms with E-state index in [-0.39, 0.29) is 0 Å². The lowest BCUT2D eigenvalue weighted by atomic mass is 10.2. The van der Waals surface area contributed by atoms with Crippen LogP contribution in [0.5, 0.6) is 0 Å². The summed E-state index contributed by atoms with van der Waals surface area (Å²) in [6.07, 6.45) is 0. The number of hydrogen-bond acceptors (Lipinski definition) is 2. The topological polar surface area (TPSA) is 38.4 Å². The standard InChI is InChI=1S/C9H12N2S/c1-6-3-4-8(9(12)5-6)11-7(2)10/h3-5,12H,1-2H3,(H2,10,11). The molecule has 0 heterocycles. The van der Waals surface area contributed by atoms with Gasteiger partial charge in [0.05, 0.1) is 11.5 Å². The lowest BCUT2D eigenvalue weighted by Gasteiger charge is -2.00. The first-order valence-corrected chi connectivity index (χ1v) is 4.14. The zero-order valence-electron chi connectivity index (χ0n) is 7.20. The number of nitrogens with zero attached hydrogens (tertiary/aromatic N) is 1. The fourth-order valence-corrected chi connectivity index (χ4v) is 1.25. The SMILES string of the molecule is CC(N)=Nc1ccc(C)cc1S.